The molecule has 0 radical (unpaired) electrons. The monoisotopic (exact) mass is 229 g/mol. The van der Waals surface area contributed by atoms with E-state index in [4.69, 9.17) is 11.6 Å². The number of hydrogen-bond donors (Lipinski definition) is 1. The van der Waals surface area contributed by atoms with Crippen molar-refractivity contribution in [1.82, 2.24) is 5.32 Å². The van der Waals surface area contributed by atoms with Gasteiger partial charge >= 0.3 is 0 Å². The number of carbonyl (C=O) groups is 1. The van der Waals surface area contributed by atoms with E-state index < -0.39 is 0 Å². The molecule has 0 aromatic carbocycles. The van der Waals surface area contributed by atoms with Crippen molar-refractivity contribution in [3.8, 4) is 0 Å². The lowest BCUT2D eigenvalue weighted by molar-refractivity contribution is -0.129. The highest BCUT2D eigenvalue weighted by Gasteiger charge is 2.35. The Hall–Kier alpha value is -0.240. The second-order valence-electron chi connectivity index (χ2n) is 5.09. The van der Waals surface area contributed by atoms with Gasteiger partial charge in [0.05, 0.1) is 5.54 Å². The van der Waals surface area contributed by atoms with Crippen molar-refractivity contribution < 1.29 is 4.79 Å². The van der Waals surface area contributed by atoms with Gasteiger partial charge in [0.15, 0.2) is 0 Å². The molecule has 2 aliphatic carbocycles. The predicted octanol–water partition coefficient (Wildman–Crippen LogP) is 2.84. The molecule has 3 heteroatoms. The third kappa shape index (κ3) is 2.47. The summed E-state index contributed by atoms with van der Waals surface area (Å²) in [5.74, 6) is 1.11. The van der Waals surface area contributed by atoms with Gasteiger partial charge in [-0.2, -0.15) is 0 Å². The van der Waals surface area contributed by atoms with Gasteiger partial charge in [-0.3, -0.25) is 4.79 Å². The van der Waals surface area contributed by atoms with Crippen LogP contribution >= 0.6 is 11.6 Å². The number of amides is 1. The average molecular weight is 230 g/mol. The van der Waals surface area contributed by atoms with Crippen molar-refractivity contribution in [2.45, 2.75) is 56.9 Å². The number of hydrogen-bond acceptors (Lipinski definition) is 1. The highest BCUT2D eigenvalue weighted by atomic mass is 35.5. The zero-order chi connectivity index (χ0) is 10.7. The van der Waals surface area contributed by atoms with Gasteiger partial charge in [-0.25, -0.2) is 0 Å². The standard InChI is InChI=1S/C12H20ClNO/c13-9-12(7-2-1-3-8-12)14-11(15)10-5-4-6-10/h10H,1-9H2,(H,14,15). The van der Waals surface area contributed by atoms with E-state index in [9.17, 15) is 4.79 Å². The van der Waals surface area contributed by atoms with Crippen LogP contribution in [0.4, 0.5) is 0 Å². The molecule has 0 aromatic rings. The van der Waals surface area contributed by atoms with Crippen molar-refractivity contribution >= 4 is 17.5 Å². The molecular formula is C12H20ClNO. The Kier molecular flexibility index (Phi) is 3.55. The van der Waals surface area contributed by atoms with E-state index in [1.165, 1.54) is 25.7 Å². The van der Waals surface area contributed by atoms with E-state index >= 15 is 0 Å². The highest BCUT2D eigenvalue weighted by Crippen LogP contribution is 2.32. The zero-order valence-electron chi connectivity index (χ0n) is 9.23. The maximum Gasteiger partial charge on any atom is 0.223 e. The molecule has 0 aliphatic heterocycles. The minimum Gasteiger partial charge on any atom is -0.349 e. The van der Waals surface area contributed by atoms with E-state index in [0.29, 0.717) is 5.88 Å². The number of carbonyl (C=O) groups excluding carboxylic acids is 1. The number of nitrogens with one attached hydrogen (secondary N) is 1. The van der Waals surface area contributed by atoms with Crippen molar-refractivity contribution in [3.05, 3.63) is 0 Å². The summed E-state index contributed by atoms with van der Waals surface area (Å²) in [6, 6.07) is 0. The van der Waals surface area contributed by atoms with Crippen molar-refractivity contribution in [2.24, 2.45) is 5.92 Å². The molecule has 0 spiro atoms. The maximum atomic E-state index is 11.9. The normalized spacial score (nSPS) is 25.7. The van der Waals surface area contributed by atoms with Crippen LogP contribution < -0.4 is 5.32 Å². The summed E-state index contributed by atoms with van der Waals surface area (Å²) in [4.78, 5) is 11.9. The van der Waals surface area contributed by atoms with E-state index in [0.717, 1.165) is 25.7 Å². The molecule has 2 nitrogen and oxygen atoms in total. The average Bonchev–Trinajstić information content (AvgIpc) is 2.16. The molecule has 0 atom stereocenters. The molecule has 2 aliphatic rings. The molecule has 1 N–H and O–H groups in total. The third-order valence-corrected chi connectivity index (χ3v) is 4.44. The minimum atomic E-state index is -0.0769. The molecule has 2 fully saturated rings. The predicted molar refractivity (Wildman–Crippen MR) is 62.0 cm³/mol. The number of halogens is 1. The molecule has 0 aromatic heterocycles. The summed E-state index contributed by atoms with van der Waals surface area (Å²) in [5.41, 5.74) is -0.0769. The molecule has 0 saturated heterocycles. The Bertz CT molecular complexity index is 232. The zero-order valence-corrected chi connectivity index (χ0v) is 9.98. The van der Waals surface area contributed by atoms with Crippen LogP contribution in [0.2, 0.25) is 0 Å². The van der Waals surface area contributed by atoms with Gasteiger partial charge in [0.2, 0.25) is 5.91 Å². The topological polar surface area (TPSA) is 29.1 Å². The van der Waals surface area contributed by atoms with Crippen molar-refractivity contribution in [1.29, 1.82) is 0 Å². The van der Waals surface area contributed by atoms with Gasteiger partial charge in [0.25, 0.3) is 0 Å². The molecule has 0 heterocycles. The molecule has 1 amide bonds. The Morgan fingerprint density at radius 2 is 1.87 bits per heavy atom. The molecule has 0 unspecified atom stereocenters. The van der Waals surface area contributed by atoms with Gasteiger partial charge in [-0.05, 0) is 25.7 Å². The smallest absolute Gasteiger partial charge is 0.223 e. The lowest BCUT2D eigenvalue weighted by Crippen LogP contribution is -2.53. The summed E-state index contributed by atoms with van der Waals surface area (Å²) >= 11 is 6.03. The largest absolute Gasteiger partial charge is 0.349 e. The fourth-order valence-electron chi connectivity index (χ4n) is 2.55. The Balaban J connectivity index is 1.90. The molecule has 86 valence electrons. The van der Waals surface area contributed by atoms with Gasteiger partial charge in [0.1, 0.15) is 0 Å². The van der Waals surface area contributed by atoms with E-state index in [2.05, 4.69) is 5.32 Å². The first-order chi connectivity index (χ1) is 7.26. The van der Waals surface area contributed by atoms with E-state index in [1.54, 1.807) is 0 Å². The van der Waals surface area contributed by atoms with Crippen LogP contribution in [0.25, 0.3) is 0 Å². The van der Waals surface area contributed by atoms with Gasteiger partial charge in [-0.15, -0.1) is 11.6 Å². The SMILES string of the molecule is O=C(NC1(CCl)CCCCC1)C1CCC1. The fourth-order valence-corrected chi connectivity index (χ4v) is 2.89. The Morgan fingerprint density at radius 3 is 2.33 bits per heavy atom. The first-order valence-electron chi connectivity index (χ1n) is 6.14. The summed E-state index contributed by atoms with van der Waals surface area (Å²) in [5, 5.41) is 3.21. The third-order valence-electron chi connectivity index (χ3n) is 3.93. The fraction of sp³-hybridized carbons (Fsp3) is 0.917. The van der Waals surface area contributed by atoms with E-state index in [1.807, 2.05) is 0 Å². The van der Waals surface area contributed by atoms with Crippen LogP contribution in [0.5, 0.6) is 0 Å². The Labute approximate surface area is 96.8 Å². The van der Waals surface area contributed by atoms with Crippen LogP contribution in [-0.4, -0.2) is 17.3 Å². The van der Waals surface area contributed by atoms with Crippen LogP contribution in [0.15, 0.2) is 0 Å². The second-order valence-corrected chi connectivity index (χ2v) is 5.36. The number of alkyl halides is 1. The molecular weight excluding hydrogens is 210 g/mol. The maximum absolute atomic E-state index is 11.9. The van der Waals surface area contributed by atoms with Crippen LogP contribution in [-0.2, 0) is 4.79 Å². The summed E-state index contributed by atoms with van der Waals surface area (Å²) in [7, 11) is 0. The lowest BCUT2D eigenvalue weighted by atomic mass is 9.80. The van der Waals surface area contributed by atoms with Crippen LogP contribution in [0.3, 0.4) is 0 Å². The Morgan fingerprint density at radius 1 is 1.20 bits per heavy atom. The van der Waals surface area contributed by atoms with Gasteiger partial charge in [-0.1, -0.05) is 25.7 Å². The lowest BCUT2D eigenvalue weighted by Gasteiger charge is -2.38. The summed E-state index contributed by atoms with van der Waals surface area (Å²) in [6.07, 6.45) is 9.19. The number of rotatable bonds is 3. The van der Waals surface area contributed by atoms with Crippen LogP contribution in [0, 0.1) is 5.92 Å². The minimum absolute atomic E-state index is 0.0769. The van der Waals surface area contributed by atoms with Crippen LogP contribution in [0.1, 0.15) is 51.4 Å². The first kappa shape index (κ1) is 11.3. The summed E-state index contributed by atoms with van der Waals surface area (Å²) in [6.45, 7) is 0. The molecule has 2 rings (SSSR count). The quantitative estimate of drug-likeness (QED) is 0.741. The highest BCUT2D eigenvalue weighted by molar-refractivity contribution is 6.18. The molecule has 2 saturated carbocycles. The molecule has 0 bridgehead atoms. The van der Waals surface area contributed by atoms with Crippen molar-refractivity contribution in [3.63, 3.8) is 0 Å². The van der Waals surface area contributed by atoms with Gasteiger partial charge in [0, 0.05) is 11.8 Å². The first-order valence-corrected chi connectivity index (χ1v) is 6.67. The molecule has 15 heavy (non-hydrogen) atoms. The van der Waals surface area contributed by atoms with E-state index in [-0.39, 0.29) is 17.4 Å². The van der Waals surface area contributed by atoms with Crippen molar-refractivity contribution in [2.75, 3.05) is 5.88 Å². The van der Waals surface area contributed by atoms with Gasteiger partial charge < -0.3 is 5.32 Å². The summed E-state index contributed by atoms with van der Waals surface area (Å²) < 4.78 is 0. The second kappa shape index (κ2) is 4.73.